The van der Waals surface area contributed by atoms with Crippen LogP contribution in [0.15, 0.2) is 66.7 Å². The highest BCUT2D eigenvalue weighted by Gasteiger charge is 2.59. The first-order valence-electron chi connectivity index (χ1n) is 9.87. The number of carbonyl (C=O) groups excluding carboxylic acids is 1. The molecule has 0 radical (unpaired) electrons. The first-order chi connectivity index (χ1) is 16.0. The van der Waals surface area contributed by atoms with Gasteiger partial charge in [-0.2, -0.15) is 13.2 Å². The van der Waals surface area contributed by atoms with Crippen LogP contribution >= 0.6 is 23.2 Å². The maximum Gasteiger partial charge on any atom is 0.428 e. The minimum atomic E-state index is -4.85. The van der Waals surface area contributed by atoms with Crippen molar-refractivity contribution in [2.24, 2.45) is 0 Å². The van der Waals surface area contributed by atoms with E-state index in [2.05, 4.69) is 10.8 Å². The summed E-state index contributed by atoms with van der Waals surface area (Å²) in [4.78, 5) is 17.6. The van der Waals surface area contributed by atoms with Gasteiger partial charge in [-0.1, -0.05) is 41.4 Å². The summed E-state index contributed by atoms with van der Waals surface area (Å²) < 4.78 is 56.1. The van der Waals surface area contributed by atoms with Gasteiger partial charge in [-0.25, -0.2) is 4.39 Å². The maximum atomic E-state index is 14.2. The molecule has 4 nitrogen and oxygen atoms in total. The lowest BCUT2D eigenvalue weighted by atomic mass is 9.91. The Bertz CT molecular complexity index is 1290. The second kappa shape index (κ2) is 8.94. The predicted molar refractivity (Wildman–Crippen MR) is 122 cm³/mol. The number of carbonyl (C=O) groups is 1. The molecule has 0 fully saturated rings. The third-order valence-electron chi connectivity index (χ3n) is 5.27. The fourth-order valence-electron chi connectivity index (χ4n) is 3.50. The van der Waals surface area contributed by atoms with Crippen molar-refractivity contribution in [2.45, 2.75) is 18.7 Å². The zero-order chi connectivity index (χ0) is 24.7. The third kappa shape index (κ3) is 4.61. The van der Waals surface area contributed by atoms with E-state index in [1.54, 1.807) is 19.1 Å². The Morgan fingerprint density at radius 2 is 1.74 bits per heavy atom. The van der Waals surface area contributed by atoms with Gasteiger partial charge in [0, 0.05) is 32.4 Å². The summed E-state index contributed by atoms with van der Waals surface area (Å²) in [6.45, 7) is 1.71. The van der Waals surface area contributed by atoms with Crippen LogP contribution in [0.4, 0.5) is 23.2 Å². The van der Waals surface area contributed by atoms with Gasteiger partial charge < -0.3 is 5.32 Å². The Kier molecular flexibility index (Phi) is 6.33. The third-order valence-corrected chi connectivity index (χ3v) is 5.70. The first-order valence-corrected chi connectivity index (χ1v) is 10.6. The largest absolute Gasteiger partial charge is 0.428 e. The lowest BCUT2D eigenvalue weighted by molar-refractivity contribution is -0.269. The normalized spacial score (nSPS) is 17.8. The van der Waals surface area contributed by atoms with Crippen molar-refractivity contribution in [1.29, 1.82) is 0 Å². The molecular formula is C24H16Cl2F4N2O2. The molecule has 1 unspecified atom stereocenters. The van der Waals surface area contributed by atoms with Gasteiger partial charge >= 0.3 is 6.18 Å². The molecule has 176 valence electrons. The van der Waals surface area contributed by atoms with E-state index in [1.807, 2.05) is 0 Å². The average Bonchev–Trinajstić information content (AvgIpc) is 3.22. The molecule has 0 spiro atoms. The fourth-order valence-corrected chi connectivity index (χ4v) is 4.03. The molecule has 0 saturated heterocycles. The lowest BCUT2D eigenvalue weighted by Crippen LogP contribution is -2.42. The first kappa shape index (κ1) is 24.1. The topological polar surface area (TPSA) is 50.4 Å². The van der Waals surface area contributed by atoms with Crippen molar-refractivity contribution >= 4 is 40.5 Å². The quantitative estimate of drug-likeness (QED) is 0.370. The molecule has 0 bridgehead atoms. The number of benzene rings is 3. The summed E-state index contributed by atoms with van der Waals surface area (Å²) in [6.07, 6.45) is -3.97. The molecule has 1 heterocycles. The Morgan fingerprint density at radius 1 is 1.03 bits per heavy atom. The van der Waals surface area contributed by atoms with E-state index < -0.39 is 23.5 Å². The van der Waals surface area contributed by atoms with Crippen LogP contribution in [0.1, 0.15) is 27.0 Å². The second-order valence-electron chi connectivity index (χ2n) is 7.65. The standard InChI is InChI=1S/C24H16Cl2F4N2O2/c1-13-5-6-14(8-20(13)31-22(33)15-3-2-4-19(27)7-15)21-12-23(34-32-21,24(28,29)30)16-9-17(25)11-18(26)10-16/h2-12,32H,1H3,(H,31,33). The number of alkyl halides is 3. The molecule has 1 amide bonds. The molecule has 4 rings (SSSR count). The van der Waals surface area contributed by atoms with E-state index in [0.717, 1.165) is 24.3 Å². The fraction of sp³-hybridized carbons (Fsp3) is 0.125. The monoisotopic (exact) mass is 510 g/mol. The van der Waals surface area contributed by atoms with Crippen LogP contribution in [0.25, 0.3) is 5.70 Å². The van der Waals surface area contributed by atoms with Gasteiger partial charge in [0.1, 0.15) is 5.82 Å². The second-order valence-corrected chi connectivity index (χ2v) is 8.52. The zero-order valence-corrected chi connectivity index (χ0v) is 18.9. The van der Waals surface area contributed by atoms with Gasteiger partial charge in [-0.05, 0) is 61.0 Å². The summed E-state index contributed by atoms with van der Waals surface area (Å²) in [5.74, 6) is -1.14. The molecule has 3 aromatic carbocycles. The molecule has 2 N–H and O–H groups in total. The predicted octanol–water partition coefficient (Wildman–Crippen LogP) is 7.03. The van der Waals surface area contributed by atoms with Crippen LogP contribution < -0.4 is 10.8 Å². The summed E-state index contributed by atoms with van der Waals surface area (Å²) >= 11 is 11.9. The van der Waals surface area contributed by atoms with Gasteiger partial charge in [-0.3, -0.25) is 15.1 Å². The molecule has 3 aromatic rings. The maximum absolute atomic E-state index is 14.2. The highest BCUT2D eigenvalue weighted by molar-refractivity contribution is 6.34. The molecular weight excluding hydrogens is 495 g/mol. The minimum absolute atomic E-state index is 0.0225. The number of aryl methyl sites for hydroxylation is 1. The van der Waals surface area contributed by atoms with Crippen molar-refractivity contribution in [3.63, 3.8) is 0 Å². The van der Waals surface area contributed by atoms with Gasteiger partial charge in [0.05, 0.1) is 5.70 Å². The van der Waals surface area contributed by atoms with E-state index in [9.17, 15) is 22.4 Å². The van der Waals surface area contributed by atoms with E-state index in [-0.39, 0.29) is 26.9 Å². The Morgan fingerprint density at radius 3 is 2.38 bits per heavy atom. The molecule has 1 atom stereocenters. The number of hydroxylamine groups is 1. The average molecular weight is 511 g/mol. The summed E-state index contributed by atoms with van der Waals surface area (Å²) in [7, 11) is 0. The van der Waals surface area contributed by atoms with Crippen LogP contribution in [0.2, 0.25) is 10.0 Å². The molecule has 34 heavy (non-hydrogen) atoms. The van der Waals surface area contributed by atoms with Crippen LogP contribution in [0.5, 0.6) is 0 Å². The van der Waals surface area contributed by atoms with Crippen molar-refractivity contribution in [2.75, 3.05) is 5.32 Å². The van der Waals surface area contributed by atoms with E-state index in [1.165, 1.54) is 30.3 Å². The van der Waals surface area contributed by atoms with Crippen molar-refractivity contribution in [3.05, 3.63) is 105 Å². The highest BCUT2D eigenvalue weighted by atomic mass is 35.5. The minimum Gasteiger partial charge on any atom is -0.322 e. The smallest absolute Gasteiger partial charge is 0.322 e. The highest BCUT2D eigenvalue weighted by Crippen LogP contribution is 2.48. The Balaban J connectivity index is 1.71. The van der Waals surface area contributed by atoms with Crippen LogP contribution in [-0.2, 0) is 10.4 Å². The Labute approximate surface area is 202 Å². The van der Waals surface area contributed by atoms with E-state index >= 15 is 0 Å². The number of hydrogen-bond acceptors (Lipinski definition) is 3. The van der Waals surface area contributed by atoms with Crippen LogP contribution in [0, 0.1) is 12.7 Å². The summed E-state index contributed by atoms with van der Waals surface area (Å²) in [5, 5.41) is 2.70. The van der Waals surface area contributed by atoms with E-state index in [4.69, 9.17) is 28.0 Å². The van der Waals surface area contributed by atoms with Crippen molar-refractivity contribution < 1.29 is 27.2 Å². The number of hydrogen-bond donors (Lipinski definition) is 2. The molecule has 0 aliphatic carbocycles. The number of halogens is 6. The summed E-state index contributed by atoms with van der Waals surface area (Å²) in [6, 6.07) is 13.4. The zero-order valence-electron chi connectivity index (χ0n) is 17.4. The van der Waals surface area contributed by atoms with E-state index in [0.29, 0.717) is 16.8 Å². The lowest BCUT2D eigenvalue weighted by Gasteiger charge is -2.28. The number of anilines is 1. The van der Waals surface area contributed by atoms with Crippen molar-refractivity contribution in [1.82, 2.24) is 5.48 Å². The van der Waals surface area contributed by atoms with Gasteiger partial charge in [0.15, 0.2) is 0 Å². The van der Waals surface area contributed by atoms with Crippen LogP contribution in [-0.4, -0.2) is 12.1 Å². The number of rotatable bonds is 4. The van der Waals surface area contributed by atoms with Crippen LogP contribution in [0.3, 0.4) is 0 Å². The summed E-state index contributed by atoms with van der Waals surface area (Å²) in [5.41, 5.74) is 0.626. The molecule has 10 heteroatoms. The SMILES string of the molecule is Cc1ccc(C2=CC(c3cc(Cl)cc(Cl)c3)(C(F)(F)F)ON2)cc1NC(=O)c1cccc(F)c1. The number of nitrogens with one attached hydrogen (secondary N) is 2. The molecule has 1 aliphatic heterocycles. The van der Waals surface area contributed by atoms with Gasteiger partial charge in [0.25, 0.3) is 5.91 Å². The van der Waals surface area contributed by atoms with Crippen molar-refractivity contribution in [3.8, 4) is 0 Å². The molecule has 0 saturated carbocycles. The number of amides is 1. The Hall–Kier alpha value is -3.07. The molecule has 0 aromatic heterocycles. The van der Waals surface area contributed by atoms with Gasteiger partial charge in [-0.15, -0.1) is 0 Å². The van der Waals surface area contributed by atoms with Gasteiger partial charge in [0.2, 0.25) is 5.60 Å². The molecule has 1 aliphatic rings.